The molecule has 4 nitrogen and oxygen atoms in total. The Morgan fingerprint density at radius 1 is 1.07 bits per heavy atom. The average Bonchev–Trinajstić information content (AvgIpc) is 2.09. The van der Waals surface area contributed by atoms with Crippen LogP contribution in [-0.2, 0) is 0 Å². The van der Waals surface area contributed by atoms with E-state index in [1.807, 2.05) is 0 Å². The molecule has 3 saturated heterocycles. The van der Waals surface area contributed by atoms with Crippen molar-refractivity contribution >= 4 is 8.37 Å². The highest BCUT2D eigenvalue weighted by molar-refractivity contribution is 7.50. The fourth-order valence-corrected chi connectivity index (χ4v) is 3.87. The normalized spacial score (nSPS) is 34.9. The second-order valence-electron chi connectivity index (χ2n) is 3.92. The summed E-state index contributed by atoms with van der Waals surface area (Å²) in [7, 11) is -0.240. The molecule has 5 heteroatoms. The van der Waals surface area contributed by atoms with Gasteiger partial charge in [0.15, 0.2) is 0 Å². The maximum absolute atomic E-state index is 3.63. The Hall–Kier alpha value is 0.270. The summed E-state index contributed by atoms with van der Waals surface area (Å²) >= 11 is 0. The molecule has 0 atom stereocenters. The molecule has 0 amide bonds. The average molecular weight is 216 g/mol. The molecule has 0 aromatic carbocycles. The van der Waals surface area contributed by atoms with Crippen molar-refractivity contribution in [3.63, 3.8) is 0 Å². The topological polar surface area (TPSA) is 30.5 Å². The van der Waals surface area contributed by atoms with E-state index in [0.29, 0.717) is 0 Å². The Morgan fingerprint density at radius 2 is 1.79 bits per heavy atom. The second kappa shape index (κ2) is 5.38. The highest BCUT2D eigenvalue weighted by Gasteiger charge is 2.23. The van der Waals surface area contributed by atoms with Gasteiger partial charge in [-0.15, -0.1) is 0 Å². The molecular weight excluding hydrogens is 195 g/mol. The van der Waals surface area contributed by atoms with Crippen molar-refractivity contribution in [1.82, 2.24) is 19.7 Å². The summed E-state index contributed by atoms with van der Waals surface area (Å²) in [5.74, 6) is 0. The molecule has 2 N–H and O–H groups in total. The lowest BCUT2D eigenvalue weighted by Gasteiger charge is -2.40. The van der Waals surface area contributed by atoms with Gasteiger partial charge >= 0.3 is 0 Å². The molecule has 0 unspecified atom stereocenters. The molecule has 82 valence electrons. The van der Waals surface area contributed by atoms with Crippen molar-refractivity contribution in [1.29, 1.82) is 0 Å². The Balaban J connectivity index is 1.98. The lowest BCUT2D eigenvalue weighted by molar-refractivity contribution is 0.237. The fourth-order valence-electron chi connectivity index (χ4n) is 2.05. The molecule has 0 saturated carbocycles. The van der Waals surface area contributed by atoms with Crippen LogP contribution in [0.3, 0.4) is 0 Å². The maximum Gasteiger partial charge on any atom is 0.114 e. The van der Waals surface area contributed by atoms with Crippen molar-refractivity contribution in [3.8, 4) is 0 Å². The summed E-state index contributed by atoms with van der Waals surface area (Å²) in [4.78, 5) is 2.55. The summed E-state index contributed by atoms with van der Waals surface area (Å²) in [5, 5.41) is 7.25. The van der Waals surface area contributed by atoms with Crippen molar-refractivity contribution < 1.29 is 0 Å². The van der Waals surface area contributed by atoms with Gasteiger partial charge in [0.05, 0.1) is 0 Å². The van der Waals surface area contributed by atoms with Gasteiger partial charge < -0.3 is 0 Å². The Labute approximate surface area is 87.9 Å². The molecule has 0 aliphatic carbocycles. The number of fused-ring (bicyclic) bond motifs is 6. The molecular formula is C9H21N4P. The first-order chi connectivity index (χ1) is 6.90. The summed E-state index contributed by atoms with van der Waals surface area (Å²) in [5.41, 5.74) is 0. The Kier molecular flexibility index (Phi) is 4.14. The van der Waals surface area contributed by atoms with E-state index in [1.165, 1.54) is 39.1 Å². The van der Waals surface area contributed by atoms with Crippen LogP contribution in [0.5, 0.6) is 0 Å². The lowest BCUT2D eigenvalue weighted by Crippen LogP contribution is -2.49. The van der Waals surface area contributed by atoms with E-state index in [0.717, 1.165) is 13.1 Å². The molecule has 3 aliphatic rings. The van der Waals surface area contributed by atoms with E-state index in [-0.39, 0.29) is 8.37 Å². The largest absolute Gasteiger partial charge is 0.300 e. The zero-order valence-corrected chi connectivity index (χ0v) is 9.89. The molecule has 14 heavy (non-hydrogen) atoms. The summed E-state index contributed by atoms with van der Waals surface area (Å²) in [6.45, 7) is 10.7. The minimum absolute atomic E-state index is 0.240. The van der Waals surface area contributed by atoms with Gasteiger partial charge in [0.25, 0.3) is 0 Å². The third kappa shape index (κ3) is 2.65. The van der Waals surface area contributed by atoms with Crippen LogP contribution in [-0.4, -0.2) is 55.4 Å². The Bertz CT molecular complexity index is 168. The van der Waals surface area contributed by atoms with Crippen molar-refractivity contribution in [3.05, 3.63) is 0 Å². The Morgan fingerprint density at radius 3 is 2.43 bits per heavy atom. The third-order valence-corrected chi connectivity index (χ3v) is 4.83. The first kappa shape index (κ1) is 10.8. The van der Waals surface area contributed by atoms with Crippen LogP contribution in [0.2, 0.25) is 0 Å². The maximum atomic E-state index is 3.63. The van der Waals surface area contributed by atoms with Gasteiger partial charge in [-0.25, -0.2) is 0 Å². The quantitative estimate of drug-likeness (QED) is 0.655. The molecule has 0 spiro atoms. The van der Waals surface area contributed by atoms with Crippen LogP contribution in [0.1, 0.15) is 13.3 Å². The molecule has 3 rings (SSSR count). The van der Waals surface area contributed by atoms with E-state index in [4.69, 9.17) is 0 Å². The van der Waals surface area contributed by atoms with Gasteiger partial charge in [-0.05, 0) is 6.42 Å². The molecule has 3 fully saturated rings. The minimum Gasteiger partial charge on any atom is -0.300 e. The minimum atomic E-state index is -0.240. The van der Waals surface area contributed by atoms with E-state index < -0.39 is 0 Å². The molecule has 0 aromatic rings. The van der Waals surface area contributed by atoms with Gasteiger partial charge in [-0.1, -0.05) is 6.92 Å². The van der Waals surface area contributed by atoms with E-state index in [2.05, 4.69) is 26.7 Å². The van der Waals surface area contributed by atoms with E-state index in [1.54, 1.807) is 0 Å². The van der Waals surface area contributed by atoms with Crippen LogP contribution in [0, 0.1) is 0 Å². The van der Waals surface area contributed by atoms with Gasteiger partial charge in [-0.2, -0.15) is 0 Å². The van der Waals surface area contributed by atoms with Crippen LogP contribution >= 0.6 is 8.37 Å². The van der Waals surface area contributed by atoms with Crippen molar-refractivity contribution in [2.24, 2.45) is 0 Å². The van der Waals surface area contributed by atoms with Gasteiger partial charge in [0.1, 0.15) is 8.37 Å². The summed E-state index contributed by atoms with van der Waals surface area (Å²) in [6.07, 6.45) is 1.25. The smallest absolute Gasteiger partial charge is 0.114 e. The first-order valence-corrected chi connectivity index (χ1v) is 6.94. The molecule has 3 aliphatic heterocycles. The predicted molar refractivity (Wildman–Crippen MR) is 61.2 cm³/mol. The lowest BCUT2D eigenvalue weighted by atomic mass is 10.4. The van der Waals surface area contributed by atoms with E-state index in [9.17, 15) is 0 Å². The number of rotatable bonds is 2. The predicted octanol–water partition coefficient (Wildman–Crippen LogP) is 0.434. The monoisotopic (exact) mass is 216 g/mol. The van der Waals surface area contributed by atoms with Gasteiger partial charge in [0.2, 0.25) is 0 Å². The van der Waals surface area contributed by atoms with Crippen LogP contribution in [0.15, 0.2) is 0 Å². The summed E-state index contributed by atoms with van der Waals surface area (Å²) in [6, 6.07) is 0. The van der Waals surface area contributed by atoms with Crippen LogP contribution in [0.4, 0.5) is 0 Å². The fraction of sp³-hybridized carbons (Fsp3) is 1.00. The molecule has 0 aromatic heterocycles. The molecule has 3 heterocycles. The standard InChI is InChI=1S/C9H21N4P/c1-2-5-13-9-8-12-6-3-10-14(13)11-4-7-12/h10-11H,2-9H2,1H3. The zero-order chi connectivity index (χ0) is 9.80. The molecule has 0 radical (unpaired) electrons. The van der Waals surface area contributed by atoms with Gasteiger partial charge in [0, 0.05) is 45.8 Å². The zero-order valence-electron chi connectivity index (χ0n) is 9.00. The highest BCUT2D eigenvalue weighted by atomic mass is 31.1. The van der Waals surface area contributed by atoms with Crippen LogP contribution in [0.25, 0.3) is 0 Å². The number of hydrogen-bond donors (Lipinski definition) is 2. The van der Waals surface area contributed by atoms with Gasteiger partial charge in [-0.3, -0.25) is 19.7 Å². The number of hydrogen-bond acceptors (Lipinski definition) is 4. The second-order valence-corrected chi connectivity index (χ2v) is 5.75. The third-order valence-electron chi connectivity index (χ3n) is 2.82. The number of nitrogens with zero attached hydrogens (tertiary/aromatic N) is 2. The number of nitrogens with one attached hydrogen (secondary N) is 2. The van der Waals surface area contributed by atoms with E-state index >= 15 is 0 Å². The van der Waals surface area contributed by atoms with Crippen LogP contribution < -0.4 is 10.2 Å². The summed E-state index contributed by atoms with van der Waals surface area (Å²) < 4.78 is 2.58. The van der Waals surface area contributed by atoms with Crippen molar-refractivity contribution in [2.75, 3.05) is 45.8 Å². The molecule has 2 bridgehead atoms. The highest BCUT2D eigenvalue weighted by Crippen LogP contribution is 2.32. The SMILES string of the molecule is CCCN1CCN2CCNP1NCC2. The van der Waals surface area contributed by atoms with Crippen molar-refractivity contribution in [2.45, 2.75) is 13.3 Å². The first-order valence-electron chi connectivity index (χ1n) is 5.64.